The molecule has 2 aromatic rings. The van der Waals surface area contributed by atoms with Crippen LogP contribution in [0.1, 0.15) is 16.8 Å². The van der Waals surface area contributed by atoms with Crippen LogP contribution >= 0.6 is 11.3 Å². The Kier molecular flexibility index (Phi) is 6.39. The number of nitrogens with zero attached hydrogens (tertiary/aromatic N) is 4. The molecule has 1 unspecified atom stereocenters. The summed E-state index contributed by atoms with van der Waals surface area (Å²) in [5.74, 6) is 1.31. The van der Waals surface area contributed by atoms with Gasteiger partial charge in [0.2, 0.25) is 0 Å². The molecule has 0 aliphatic rings. The molecule has 0 amide bonds. The molecule has 0 spiro atoms. The first-order valence-corrected chi connectivity index (χ1v) is 8.32. The minimum Gasteiger partial charge on any atom is -0.356 e. The van der Waals surface area contributed by atoms with Crippen molar-refractivity contribution in [3.8, 4) is 0 Å². The van der Waals surface area contributed by atoms with E-state index in [0.717, 1.165) is 37.0 Å². The molecule has 120 valence electrons. The first-order chi connectivity index (χ1) is 10.7. The maximum absolute atomic E-state index is 4.36. The Hall–Kier alpha value is -1.89. The summed E-state index contributed by atoms with van der Waals surface area (Å²) in [6.45, 7) is 6.86. The molecule has 1 atom stereocenters. The number of hydrogen-bond acceptors (Lipinski definition) is 4. The van der Waals surface area contributed by atoms with Gasteiger partial charge in [0.1, 0.15) is 0 Å². The van der Waals surface area contributed by atoms with Crippen LogP contribution in [0.25, 0.3) is 0 Å². The molecule has 0 fully saturated rings. The van der Waals surface area contributed by atoms with Gasteiger partial charge in [-0.1, -0.05) is 6.92 Å². The van der Waals surface area contributed by atoms with Crippen LogP contribution in [0.3, 0.4) is 0 Å². The Labute approximate surface area is 135 Å². The fourth-order valence-electron chi connectivity index (χ4n) is 2.09. The van der Waals surface area contributed by atoms with E-state index in [-0.39, 0.29) is 0 Å². The van der Waals surface area contributed by atoms with Gasteiger partial charge in [-0.2, -0.15) is 5.10 Å². The number of aromatic nitrogens is 3. The Morgan fingerprint density at radius 1 is 1.45 bits per heavy atom. The van der Waals surface area contributed by atoms with Crippen molar-refractivity contribution in [2.45, 2.75) is 26.8 Å². The summed E-state index contributed by atoms with van der Waals surface area (Å²) >= 11 is 1.75. The van der Waals surface area contributed by atoms with Crippen LogP contribution in [0.5, 0.6) is 0 Å². The lowest BCUT2D eigenvalue weighted by Gasteiger charge is -2.16. The largest absolute Gasteiger partial charge is 0.356 e. The minimum absolute atomic E-state index is 0.472. The Morgan fingerprint density at radius 2 is 2.32 bits per heavy atom. The van der Waals surface area contributed by atoms with Gasteiger partial charge in [0, 0.05) is 56.6 Å². The van der Waals surface area contributed by atoms with Crippen LogP contribution in [-0.4, -0.2) is 40.9 Å². The van der Waals surface area contributed by atoms with Crippen molar-refractivity contribution in [2.75, 3.05) is 20.1 Å². The molecule has 0 aliphatic heterocycles. The summed E-state index contributed by atoms with van der Waals surface area (Å²) in [6.07, 6.45) is 6.63. The molecule has 0 saturated heterocycles. The molecule has 2 rings (SSSR count). The van der Waals surface area contributed by atoms with Crippen LogP contribution in [-0.2, 0) is 13.0 Å². The van der Waals surface area contributed by atoms with Crippen molar-refractivity contribution in [3.63, 3.8) is 0 Å². The van der Waals surface area contributed by atoms with Crippen LogP contribution in [0, 0.1) is 12.8 Å². The van der Waals surface area contributed by atoms with Crippen LogP contribution in [0.15, 0.2) is 29.6 Å². The van der Waals surface area contributed by atoms with Gasteiger partial charge in [-0.3, -0.25) is 9.67 Å². The fraction of sp³-hybridized carbons (Fsp3) is 0.533. The van der Waals surface area contributed by atoms with Gasteiger partial charge < -0.3 is 10.6 Å². The Morgan fingerprint density at radius 3 is 2.95 bits per heavy atom. The molecule has 0 saturated carbocycles. The van der Waals surface area contributed by atoms with Crippen LogP contribution < -0.4 is 10.6 Å². The molecular formula is C15H24N6S. The first-order valence-electron chi connectivity index (χ1n) is 7.50. The molecule has 2 N–H and O–H groups in total. The molecule has 2 heterocycles. The zero-order valence-electron chi connectivity index (χ0n) is 13.4. The molecule has 0 radical (unpaired) electrons. The van der Waals surface area contributed by atoms with E-state index in [9.17, 15) is 0 Å². The number of aryl methyl sites for hydroxylation is 1. The van der Waals surface area contributed by atoms with Gasteiger partial charge >= 0.3 is 0 Å². The third-order valence-corrected chi connectivity index (χ3v) is 4.17. The monoisotopic (exact) mass is 320 g/mol. The Balaban J connectivity index is 1.66. The van der Waals surface area contributed by atoms with Gasteiger partial charge in [0.15, 0.2) is 5.96 Å². The number of rotatable bonds is 7. The summed E-state index contributed by atoms with van der Waals surface area (Å²) in [6, 6.07) is 1.95. The molecule has 6 nitrogen and oxygen atoms in total. The van der Waals surface area contributed by atoms with E-state index in [1.54, 1.807) is 24.6 Å². The molecular weight excluding hydrogens is 296 g/mol. The number of aliphatic imine (C=N–C) groups is 1. The summed E-state index contributed by atoms with van der Waals surface area (Å²) in [5, 5.41) is 12.1. The van der Waals surface area contributed by atoms with Crippen molar-refractivity contribution < 1.29 is 0 Å². The average molecular weight is 320 g/mol. The smallest absolute Gasteiger partial charge is 0.191 e. The van der Waals surface area contributed by atoms with Crippen molar-refractivity contribution in [1.82, 2.24) is 25.4 Å². The highest BCUT2D eigenvalue weighted by atomic mass is 32.1. The van der Waals surface area contributed by atoms with Crippen molar-refractivity contribution in [3.05, 3.63) is 34.5 Å². The van der Waals surface area contributed by atoms with E-state index in [1.165, 1.54) is 4.88 Å². The zero-order valence-corrected chi connectivity index (χ0v) is 14.2. The third kappa shape index (κ3) is 5.48. The topological polar surface area (TPSA) is 67.1 Å². The zero-order chi connectivity index (χ0) is 15.8. The normalized spacial score (nSPS) is 13.1. The summed E-state index contributed by atoms with van der Waals surface area (Å²) in [7, 11) is 1.79. The van der Waals surface area contributed by atoms with Gasteiger partial charge in [0.25, 0.3) is 0 Å². The molecule has 22 heavy (non-hydrogen) atoms. The third-order valence-electron chi connectivity index (χ3n) is 3.20. The number of hydrogen-bond donors (Lipinski definition) is 2. The summed E-state index contributed by atoms with van der Waals surface area (Å²) < 4.78 is 1.95. The predicted molar refractivity (Wildman–Crippen MR) is 91.3 cm³/mol. The van der Waals surface area contributed by atoms with E-state index < -0.39 is 0 Å². The lowest BCUT2D eigenvalue weighted by molar-refractivity contribution is 0.443. The van der Waals surface area contributed by atoms with Crippen molar-refractivity contribution >= 4 is 17.3 Å². The molecule has 7 heteroatoms. The minimum atomic E-state index is 0.472. The van der Waals surface area contributed by atoms with Crippen molar-refractivity contribution in [1.29, 1.82) is 0 Å². The fourth-order valence-corrected chi connectivity index (χ4v) is 2.88. The van der Waals surface area contributed by atoms with Gasteiger partial charge in [-0.05, 0) is 18.9 Å². The summed E-state index contributed by atoms with van der Waals surface area (Å²) in [4.78, 5) is 9.87. The lowest BCUT2D eigenvalue weighted by Crippen LogP contribution is -2.40. The molecule has 0 bridgehead atoms. The average Bonchev–Trinajstić information content (AvgIpc) is 3.14. The number of guanidine groups is 1. The van der Waals surface area contributed by atoms with Gasteiger partial charge in [-0.15, -0.1) is 11.3 Å². The first kappa shape index (κ1) is 16.5. The van der Waals surface area contributed by atoms with E-state index in [4.69, 9.17) is 0 Å². The maximum Gasteiger partial charge on any atom is 0.191 e. The Bertz CT molecular complexity index is 575. The quantitative estimate of drug-likeness (QED) is 0.602. The van der Waals surface area contributed by atoms with Crippen LogP contribution in [0.2, 0.25) is 0 Å². The SMILES string of the molecule is CN=C(NCCc1ncc(C)s1)NCC(C)Cn1cccn1. The highest BCUT2D eigenvalue weighted by Gasteiger charge is 2.05. The highest BCUT2D eigenvalue weighted by molar-refractivity contribution is 7.11. The van der Waals surface area contributed by atoms with E-state index in [0.29, 0.717) is 5.92 Å². The highest BCUT2D eigenvalue weighted by Crippen LogP contribution is 2.10. The van der Waals surface area contributed by atoms with Gasteiger partial charge in [0.05, 0.1) is 5.01 Å². The second-order valence-corrected chi connectivity index (χ2v) is 6.65. The molecule has 2 aromatic heterocycles. The van der Waals surface area contributed by atoms with E-state index in [2.05, 4.69) is 39.6 Å². The number of thiazole rings is 1. The standard InChI is InChI=1S/C15H24N6S/c1-12(11-21-8-4-6-20-21)9-19-15(16-3)17-7-5-14-18-10-13(2)22-14/h4,6,8,10,12H,5,7,9,11H2,1-3H3,(H2,16,17,19). The lowest BCUT2D eigenvalue weighted by atomic mass is 10.2. The number of nitrogens with one attached hydrogen (secondary N) is 2. The predicted octanol–water partition coefficient (Wildman–Crippen LogP) is 1.69. The summed E-state index contributed by atoms with van der Waals surface area (Å²) in [5.41, 5.74) is 0. The maximum atomic E-state index is 4.36. The van der Waals surface area contributed by atoms with Gasteiger partial charge in [-0.25, -0.2) is 4.98 Å². The second-order valence-electron chi connectivity index (χ2n) is 5.33. The van der Waals surface area contributed by atoms with Crippen molar-refractivity contribution in [2.24, 2.45) is 10.9 Å². The van der Waals surface area contributed by atoms with E-state index in [1.807, 2.05) is 23.1 Å². The van der Waals surface area contributed by atoms with Crippen LogP contribution in [0.4, 0.5) is 0 Å². The molecule has 0 aliphatic carbocycles. The second kappa shape index (κ2) is 8.53. The molecule has 0 aromatic carbocycles. The van der Waals surface area contributed by atoms with E-state index >= 15 is 0 Å².